The van der Waals surface area contributed by atoms with Crippen LogP contribution in [-0.2, 0) is 0 Å². The molecule has 0 N–H and O–H groups in total. The number of hydrogen-bond donors (Lipinski definition) is 0. The molecule has 0 nitrogen and oxygen atoms in total. The van der Waals surface area contributed by atoms with Crippen molar-refractivity contribution in [2.24, 2.45) is 0 Å². The highest BCUT2D eigenvalue weighted by molar-refractivity contribution is 7.02. The second-order valence-electron chi connectivity index (χ2n) is 15.9. The Morgan fingerprint density at radius 2 is 0.469 bits per heavy atom. The van der Waals surface area contributed by atoms with Gasteiger partial charge in [0.15, 0.2) is 0 Å². The van der Waals surface area contributed by atoms with Gasteiger partial charge in [0.05, 0.1) is 0 Å². The predicted octanol–water partition coefficient (Wildman–Crippen LogP) is 15.8. The first-order chi connectivity index (χ1) is 24.3. The molecule has 0 bridgehead atoms. The summed E-state index contributed by atoms with van der Waals surface area (Å²) in [6.07, 6.45) is 46.3. The lowest BCUT2D eigenvalue weighted by atomic mass is 10.0. The zero-order chi connectivity index (χ0) is 34.8. The third-order valence-electron chi connectivity index (χ3n) is 11.6. The summed E-state index contributed by atoms with van der Waals surface area (Å²) >= 11 is 0. The Balaban J connectivity index is 1.64. The van der Waals surface area contributed by atoms with Gasteiger partial charge in [-0.25, -0.2) is 0 Å². The van der Waals surface area contributed by atoms with Crippen LogP contribution in [0, 0.1) is 0 Å². The Hall–Kier alpha value is -1.34. The quantitative estimate of drug-likeness (QED) is 0.0494. The molecule has 2 aromatic carbocycles. The van der Waals surface area contributed by atoms with Crippen LogP contribution in [0.25, 0.3) is 0 Å². The van der Waals surface area contributed by atoms with E-state index in [9.17, 15) is 0 Å². The molecule has 0 saturated carbocycles. The first kappa shape index (κ1) is 43.8. The Bertz CT molecular complexity index is 843. The van der Waals surface area contributed by atoms with Crippen LogP contribution >= 0.6 is 0 Å². The molecule has 0 amide bonds. The number of benzene rings is 2. The molecule has 0 aliphatic heterocycles. The van der Waals surface area contributed by atoms with Crippen molar-refractivity contribution in [3.05, 3.63) is 60.7 Å². The molecule has 0 aliphatic carbocycles. The van der Waals surface area contributed by atoms with E-state index in [0.29, 0.717) is 0 Å². The molecule has 0 spiro atoms. The van der Waals surface area contributed by atoms with Crippen molar-refractivity contribution in [3.63, 3.8) is 0 Å². The molecule has 0 fully saturated rings. The fourth-order valence-electron chi connectivity index (χ4n) is 8.33. The van der Waals surface area contributed by atoms with Crippen LogP contribution in [-0.4, -0.2) is 8.07 Å². The lowest BCUT2D eigenvalue weighted by Crippen LogP contribution is -2.58. The standard InChI is InChI=1S/C48H84Si/c1-3-5-7-9-11-13-15-17-19-21-23-25-27-29-31-39-45-49(47-41-35-33-36-42-47,48-43-37-34-38-44-48)46-40-32-30-28-26-24-22-20-18-16-14-12-10-8-6-4-2/h33-38,41-44H,3-32,39-40,45-46H2,1-2H3. The van der Waals surface area contributed by atoms with E-state index >= 15 is 0 Å². The summed E-state index contributed by atoms with van der Waals surface area (Å²) in [5.41, 5.74) is 0. The molecular weight excluding hydrogens is 605 g/mol. The molecule has 0 aromatic heterocycles. The summed E-state index contributed by atoms with van der Waals surface area (Å²) < 4.78 is 0. The number of unbranched alkanes of at least 4 members (excludes halogenated alkanes) is 30. The van der Waals surface area contributed by atoms with Gasteiger partial charge in [-0.1, -0.05) is 290 Å². The van der Waals surface area contributed by atoms with Crippen LogP contribution in [0.2, 0.25) is 12.1 Å². The Kier molecular flexibility index (Phi) is 29.1. The Morgan fingerprint density at radius 3 is 0.694 bits per heavy atom. The van der Waals surface area contributed by atoms with Crippen molar-refractivity contribution < 1.29 is 0 Å². The van der Waals surface area contributed by atoms with Crippen LogP contribution in [0.4, 0.5) is 0 Å². The lowest BCUT2D eigenvalue weighted by molar-refractivity contribution is 0.530. The van der Waals surface area contributed by atoms with Crippen molar-refractivity contribution in [1.82, 2.24) is 0 Å². The summed E-state index contributed by atoms with van der Waals surface area (Å²) in [6.45, 7) is 4.63. The molecule has 1 heteroatoms. The molecule has 0 heterocycles. The van der Waals surface area contributed by atoms with Gasteiger partial charge in [-0.15, -0.1) is 0 Å². The van der Waals surface area contributed by atoms with E-state index in [1.165, 1.54) is 218 Å². The van der Waals surface area contributed by atoms with Gasteiger partial charge in [-0.3, -0.25) is 0 Å². The first-order valence-corrected chi connectivity index (χ1v) is 24.9. The summed E-state index contributed by atoms with van der Waals surface area (Å²) in [7, 11) is -1.76. The maximum atomic E-state index is 2.48. The topological polar surface area (TPSA) is 0 Å². The van der Waals surface area contributed by atoms with Gasteiger partial charge in [0, 0.05) is 0 Å². The molecule has 0 atom stereocenters. The van der Waals surface area contributed by atoms with Gasteiger partial charge in [0.2, 0.25) is 0 Å². The van der Waals surface area contributed by atoms with E-state index in [-0.39, 0.29) is 0 Å². The minimum Gasteiger partial charge on any atom is -0.0654 e. The third kappa shape index (κ3) is 22.3. The van der Waals surface area contributed by atoms with Gasteiger partial charge >= 0.3 is 0 Å². The Labute approximate surface area is 309 Å². The predicted molar refractivity (Wildman–Crippen MR) is 227 cm³/mol. The average molecular weight is 689 g/mol. The second-order valence-corrected chi connectivity index (χ2v) is 20.2. The zero-order valence-electron chi connectivity index (χ0n) is 33.3. The summed E-state index contributed by atoms with van der Waals surface area (Å²) in [4.78, 5) is 0. The van der Waals surface area contributed by atoms with Crippen LogP contribution in [0.15, 0.2) is 60.7 Å². The minimum absolute atomic E-state index is 1.36. The highest BCUT2D eigenvalue weighted by Crippen LogP contribution is 2.25. The molecular formula is C48H84Si. The van der Waals surface area contributed by atoms with Gasteiger partial charge in [-0.2, -0.15) is 0 Å². The van der Waals surface area contributed by atoms with Crippen molar-refractivity contribution in [2.75, 3.05) is 0 Å². The van der Waals surface area contributed by atoms with Crippen LogP contribution in [0.3, 0.4) is 0 Å². The third-order valence-corrected chi connectivity index (χ3v) is 16.9. The maximum absolute atomic E-state index is 2.48. The smallest absolute Gasteiger partial charge is 0.0654 e. The van der Waals surface area contributed by atoms with Crippen LogP contribution < -0.4 is 10.4 Å². The van der Waals surface area contributed by atoms with E-state index < -0.39 is 8.07 Å². The lowest BCUT2D eigenvalue weighted by Gasteiger charge is -2.33. The van der Waals surface area contributed by atoms with Gasteiger partial charge in [-0.05, 0) is 12.1 Å². The van der Waals surface area contributed by atoms with Crippen LogP contribution in [0.1, 0.15) is 219 Å². The summed E-state index contributed by atoms with van der Waals surface area (Å²) in [5, 5.41) is 3.37. The fourth-order valence-corrected chi connectivity index (χ4v) is 13.4. The van der Waals surface area contributed by atoms with Crippen molar-refractivity contribution in [1.29, 1.82) is 0 Å². The average Bonchev–Trinajstić information content (AvgIpc) is 3.14. The number of hydrogen-bond acceptors (Lipinski definition) is 0. The maximum Gasteiger partial charge on any atom is 0.118 e. The minimum atomic E-state index is -1.76. The summed E-state index contributed by atoms with van der Waals surface area (Å²) in [6, 6.07) is 26.5. The van der Waals surface area contributed by atoms with Crippen molar-refractivity contribution in [3.8, 4) is 0 Å². The molecule has 2 aromatic rings. The molecule has 49 heavy (non-hydrogen) atoms. The van der Waals surface area contributed by atoms with Gasteiger partial charge in [0.1, 0.15) is 8.07 Å². The van der Waals surface area contributed by atoms with Gasteiger partial charge < -0.3 is 0 Å². The molecule has 280 valence electrons. The zero-order valence-corrected chi connectivity index (χ0v) is 34.3. The normalized spacial score (nSPS) is 11.8. The molecule has 0 radical (unpaired) electrons. The summed E-state index contributed by atoms with van der Waals surface area (Å²) in [5.74, 6) is 0. The Morgan fingerprint density at radius 1 is 0.265 bits per heavy atom. The van der Waals surface area contributed by atoms with E-state index in [1.807, 2.05) is 0 Å². The SMILES string of the molecule is CCCCCCCCCCCCCCCCCC[Si](CCCCCCCCCCCCCCCCCC)(c1ccccc1)c1ccccc1. The van der Waals surface area contributed by atoms with E-state index in [1.54, 1.807) is 10.4 Å². The van der Waals surface area contributed by atoms with Crippen LogP contribution in [0.5, 0.6) is 0 Å². The number of rotatable bonds is 36. The molecule has 0 saturated heterocycles. The van der Waals surface area contributed by atoms with Gasteiger partial charge in [0.25, 0.3) is 0 Å². The molecule has 0 aliphatic rings. The molecule has 0 unspecified atom stereocenters. The van der Waals surface area contributed by atoms with Crippen molar-refractivity contribution >= 4 is 18.4 Å². The largest absolute Gasteiger partial charge is 0.118 e. The van der Waals surface area contributed by atoms with Crippen molar-refractivity contribution in [2.45, 2.75) is 231 Å². The monoisotopic (exact) mass is 689 g/mol. The highest BCUT2D eigenvalue weighted by Gasteiger charge is 2.35. The molecule has 2 rings (SSSR count). The fraction of sp³-hybridized carbons (Fsp3) is 0.750. The highest BCUT2D eigenvalue weighted by atomic mass is 28.3. The van der Waals surface area contributed by atoms with E-state index in [4.69, 9.17) is 0 Å². The van der Waals surface area contributed by atoms with E-state index in [2.05, 4.69) is 74.5 Å². The second kappa shape index (κ2) is 32.6. The van der Waals surface area contributed by atoms with E-state index in [0.717, 1.165) is 0 Å². The first-order valence-electron chi connectivity index (χ1n) is 22.4.